The van der Waals surface area contributed by atoms with Gasteiger partial charge in [-0.3, -0.25) is 22.9 Å². The summed E-state index contributed by atoms with van der Waals surface area (Å²) in [6.45, 7) is 6.56. The topological polar surface area (TPSA) is 75.5 Å². The molecule has 0 atom stereocenters. The first-order valence-corrected chi connectivity index (χ1v) is 9.11. The summed E-state index contributed by atoms with van der Waals surface area (Å²) < 4.78 is 11.4. The number of aryl methyl sites for hydroxylation is 4. The predicted octanol–water partition coefficient (Wildman–Crippen LogP) is 1.71. The Morgan fingerprint density at radius 1 is 1.14 bits per heavy atom. The van der Waals surface area contributed by atoms with Gasteiger partial charge in [0.2, 0.25) is 5.78 Å². The number of imidazole rings is 2. The van der Waals surface area contributed by atoms with Crippen LogP contribution in [0.3, 0.4) is 0 Å². The highest BCUT2D eigenvalue weighted by Gasteiger charge is 2.21. The molecule has 0 fully saturated rings. The Labute approximate surface area is 161 Å². The van der Waals surface area contributed by atoms with Gasteiger partial charge in [0.15, 0.2) is 11.2 Å². The summed E-state index contributed by atoms with van der Waals surface area (Å²) in [4.78, 5) is 30.4. The average Bonchev–Trinajstić information content (AvgIpc) is 3.15. The molecular weight excluding hydrogens is 358 g/mol. The number of hydrogen-bond acceptors (Lipinski definition) is 4. The van der Waals surface area contributed by atoms with Gasteiger partial charge in [-0.1, -0.05) is 17.7 Å². The third kappa shape index (κ3) is 2.52. The van der Waals surface area contributed by atoms with Gasteiger partial charge in [0, 0.05) is 26.0 Å². The molecule has 3 heterocycles. The summed E-state index contributed by atoms with van der Waals surface area (Å²) in [7, 11) is 3.17. The van der Waals surface area contributed by atoms with Crippen LogP contribution >= 0.6 is 0 Å². The number of benzene rings is 1. The lowest BCUT2D eigenvalue weighted by Crippen LogP contribution is -2.40. The summed E-state index contributed by atoms with van der Waals surface area (Å²) in [6, 6.07) is 6.21. The molecule has 8 nitrogen and oxygen atoms in total. The van der Waals surface area contributed by atoms with E-state index in [4.69, 9.17) is 4.74 Å². The Morgan fingerprint density at radius 3 is 2.57 bits per heavy atom. The lowest BCUT2D eigenvalue weighted by molar-refractivity contribution is 0.184. The number of fused-ring (bicyclic) bond motifs is 3. The van der Waals surface area contributed by atoms with E-state index < -0.39 is 5.69 Å². The highest BCUT2D eigenvalue weighted by Crippen LogP contribution is 2.23. The van der Waals surface area contributed by atoms with Crippen LogP contribution in [0.2, 0.25) is 0 Å². The van der Waals surface area contributed by atoms with Crippen molar-refractivity contribution in [3.05, 3.63) is 62.1 Å². The summed E-state index contributed by atoms with van der Waals surface area (Å²) in [6.07, 6.45) is 1.89. The first kappa shape index (κ1) is 18.2. The van der Waals surface area contributed by atoms with Crippen molar-refractivity contribution in [2.45, 2.75) is 27.3 Å². The molecule has 0 bridgehead atoms. The van der Waals surface area contributed by atoms with Crippen molar-refractivity contribution in [2.24, 2.45) is 7.05 Å². The van der Waals surface area contributed by atoms with E-state index in [0.29, 0.717) is 16.9 Å². The van der Waals surface area contributed by atoms with Gasteiger partial charge in [0.25, 0.3) is 5.56 Å². The molecule has 0 radical (unpaired) electrons. The van der Waals surface area contributed by atoms with Gasteiger partial charge in [-0.25, -0.2) is 4.79 Å². The van der Waals surface area contributed by atoms with Crippen LogP contribution in [0.5, 0.6) is 0 Å². The molecule has 28 heavy (non-hydrogen) atoms. The predicted molar refractivity (Wildman–Crippen MR) is 108 cm³/mol. The summed E-state index contributed by atoms with van der Waals surface area (Å²) >= 11 is 0. The van der Waals surface area contributed by atoms with Gasteiger partial charge in [-0.15, -0.1) is 0 Å². The van der Waals surface area contributed by atoms with Gasteiger partial charge in [-0.2, -0.15) is 4.98 Å². The van der Waals surface area contributed by atoms with E-state index in [1.54, 1.807) is 18.6 Å². The number of ether oxygens (including phenoxy) is 1. The smallest absolute Gasteiger partial charge is 0.332 e. The van der Waals surface area contributed by atoms with Crippen molar-refractivity contribution in [3.8, 4) is 5.69 Å². The highest BCUT2D eigenvalue weighted by atomic mass is 16.5. The second-order valence-electron chi connectivity index (χ2n) is 7.14. The second kappa shape index (κ2) is 6.49. The Morgan fingerprint density at radius 2 is 1.89 bits per heavy atom. The van der Waals surface area contributed by atoms with E-state index >= 15 is 0 Å². The zero-order chi connectivity index (χ0) is 20.2. The van der Waals surface area contributed by atoms with E-state index in [9.17, 15) is 9.59 Å². The fourth-order valence-corrected chi connectivity index (χ4v) is 3.74. The molecule has 8 heteroatoms. The highest BCUT2D eigenvalue weighted by molar-refractivity contribution is 5.76. The standard InChI is InChI=1S/C20H23N5O3/c1-12-6-7-15(13(2)10-12)25-14(3)11-24-16-17(21-19(24)25)22(4)20(27)23(18(16)26)8-9-28-5/h6-7,10-11H,8-9H2,1-5H3. The molecule has 0 aliphatic heterocycles. The van der Waals surface area contributed by atoms with E-state index in [0.717, 1.165) is 16.9 Å². The van der Waals surface area contributed by atoms with Crippen LogP contribution in [0.15, 0.2) is 34.0 Å². The molecule has 0 aliphatic carbocycles. The molecule has 0 N–H and O–H groups in total. The molecule has 4 rings (SSSR count). The molecule has 0 saturated heterocycles. The molecule has 0 amide bonds. The number of rotatable bonds is 4. The minimum Gasteiger partial charge on any atom is -0.383 e. The summed E-state index contributed by atoms with van der Waals surface area (Å²) in [5.41, 5.74) is 4.24. The van der Waals surface area contributed by atoms with Crippen molar-refractivity contribution in [3.63, 3.8) is 0 Å². The molecule has 0 saturated carbocycles. The van der Waals surface area contributed by atoms with Crippen molar-refractivity contribution in [2.75, 3.05) is 13.7 Å². The molecule has 4 aromatic rings. The van der Waals surface area contributed by atoms with Gasteiger partial charge >= 0.3 is 5.69 Å². The minimum absolute atomic E-state index is 0.196. The number of hydrogen-bond donors (Lipinski definition) is 0. The van der Waals surface area contributed by atoms with Crippen LogP contribution in [0, 0.1) is 20.8 Å². The maximum atomic E-state index is 13.1. The van der Waals surface area contributed by atoms with Crippen LogP contribution in [-0.2, 0) is 18.3 Å². The van der Waals surface area contributed by atoms with Crippen LogP contribution in [0.4, 0.5) is 0 Å². The fourth-order valence-electron chi connectivity index (χ4n) is 3.74. The van der Waals surface area contributed by atoms with E-state index in [2.05, 4.69) is 31.0 Å². The van der Waals surface area contributed by atoms with Crippen molar-refractivity contribution in [1.29, 1.82) is 0 Å². The Balaban J connectivity index is 2.09. The van der Waals surface area contributed by atoms with Crippen LogP contribution < -0.4 is 11.2 Å². The first-order chi connectivity index (χ1) is 13.3. The van der Waals surface area contributed by atoms with Crippen molar-refractivity contribution in [1.82, 2.24) is 23.1 Å². The van der Waals surface area contributed by atoms with E-state index in [-0.39, 0.29) is 18.7 Å². The van der Waals surface area contributed by atoms with Crippen LogP contribution in [0.1, 0.15) is 16.8 Å². The number of methoxy groups -OCH3 is 1. The third-order valence-corrected chi connectivity index (χ3v) is 5.14. The third-order valence-electron chi connectivity index (χ3n) is 5.14. The average molecular weight is 381 g/mol. The zero-order valence-corrected chi connectivity index (χ0v) is 16.7. The maximum Gasteiger partial charge on any atom is 0.332 e. The fraction of sp³-hybridized carbons (Fsp3) is 0.350. The summed E-state index contributed by atoms with van der Waals surface area (Å²) in [5, 5.41) is 0. The summed E-state index contributed by atoms with van der Waals surface area (Å²) in [5.74, 6) is 0.607. The molecule has 0 aliphatic rings. The molecule has 1 aromatic carbocycles. The van der Waals surface area contributed by atoms with Crippen molar-refractivity contribution >= 4 is 16.9 Å². The Bertz CT molecular complexity index is 1340. The number of nitrogens with zero attached hydrogens (tertiary/aromatic N) is 5. The van der Waals surface area contributed by atoms with Gasteiger partial charge in [-0.05, 0) is 32.4 Å². The second-order valence-corrected chi connectivity index (χ2v) is 7.14. The Kier molecular flexibility index (Phi) is 4.23. The molecule has 0 spiro atoms. The zero-order valence-electron chi connectivity index (χ0n) is 16.7. The molecule has 0 unspecified atom stereocenters. The van der Waals surface area contributed by atoms with E-state index in [1.807, 2.05) is 23.8 Å². The van der Waals surface area contributed by atoms with Gasteiger partial charge in [0.05, 0.1) is 18.8 Å². The molecule has 146 valence electrons. The maximum absolute atomic E-state index is 13.1. The molecular formula is C20H23N5O3. The van der Waals surface area contributed by atoms with Crippen LogP contribution in [0.25, 0.3) is 22.6 Å². The SMILES string of the molecule is COCCn1c(=O)c2c(nc3n(-c4ccc(C)cc4C)c(C)cn23)n(C)c1=O. The van der Waals surface area contributed by atoms with Gasteiger partial charge in [0.1, 0.15) is 0 Å². The van der Waals surface area contributed by atoms with Crippen molar-refractivity contribution < 1.29 is 4.74 Å². The van der Waals surface area contributed by atoms with Gasteiger partial charge < -0.3 is 4.74 Å². The first-order valence-electron chi connectivity index (χ1n) is 9.11. The largest absolute Gasteiger partial charge is 0.383 e. The van der Waals surface area contributed by atoms with Crippen LogP contribution in [-0.4, -0.2) is 36.8 Å². The monoisotopic (exact) mass is 381 g/mol. The lowest BCUT2D eigenvalue weighted by Gasteiger charge is -2.10. The Hall–Kier alpha value is -3.13. The van der Waals surface area contributed by atoms with E-state index in [1.165, 1.54) is 14.7 Å². The number of aromatic nitrogens is 5. The quantitative estimate of drug-likeness (QED) is 0.539. The lowest BCUT2D eigenvalue weighted by atomic mass is 10.1. The minimum atomic E-state index is -0.398. The normalized spacial score (nSPS) is 11.8. The molecule has 3 aromatic heterocycles.